The minimum absolute atomic E-state index is 0.373. The molecule has 114 valence electrons. The summed E-state index contributed by atoms with van der Waals surface area (Å²) in [6.45, 7) is 7.39. The van der Waals surface area contributed by atoms with Gasteiger partial charge < -0.3 is 10.1 Å². The van der Waals surface area contributed by atoms with Gasteiger partial charge in [-0.15, -0.1) is 0 Å². The Labute approximate surface area is 142 Å². The van der Waals surface area contributed by atoms with Gasteiger partial charge in [0.05, 0.1) is 22.5 Å². The largest absolute Gasteiger partial charge is 0.495 e. The van der Waals surface area contributed by atoms with Gasteiger partial charge >= 0.3 is 0 Å². The van der Waals surface area contributed by atoms with E-state index in [4.69, 9.17) is 9.72 Å². The summed E-state index contributed by atoms with van der Waals surface area (Å²) in [7, 11) is 1.69. The summed E-state index contributed by atoms with van der Waals surface area (Å²) in [6.07, 6.45) is 1.07. The number of pyridine rings is 1. The van der Waals surface area contributed by atoms with E-state index < -0.39 is 0 Å². The van der Waals surface area contributed by atoms with Crippen LogP contribution in [0.15, 0.2) is 21.1 Å². The summed E-state index contributed by atoms with van der Waals surface area (Å²) < 4.78 is 7.47. The van der Waals surface area contributed by atoms with E-state index in [0.717, 1.165) is 49.9 Å². The van der Waals surface area contributed by atoms with Gasteiger partial charge in [0, 0.05) is 22.4 Å². The molecule has 1 aromatic carbocycles. The van der Waals surface area contributed by atoms with E-state index in [9.17, 15) is 0 Å². The molecule has 2 aromatic rings. The zero-order chi connectivity index (χ0) is 15.6. The summed E-state index contributed by atoms with van der Waals surface area (Å²) >= 11 is 7.19. The molecule has 0 aliphatic heterocycles. The van der Waals surface area contributed by atoms with Gasteiger partial charge in [0.15, 0.2) is 0 Å². The number of hydrogen-bond donors (Lipinski definition) is 1. The summed E-state index contributed by atoms with van der Waals surface area (Å²) in [4.78, 5) is 4.81. The molecule has 0 fully saturated rings. The van der Waals surface area contributed by atoms with Crippen LogP contribution in [-0.4, -0.2) is 18.6 Å². The summed E-state index contributed by atoms with van der Waals surface area (Å²) in [6, 6.07) is 4.12. The number of fused-ring (bicyclic) bond motifs is 1. The molecule has 0 amide bonds. The number of benzene rings is 1. The van der Waals surface area contributed by atoms with Gasteiger partial charge in [0.25, 0.3) is 0 Å². The lowest BCUT2D eigenvalue weighted by molar-refractivity contribution is 0.417. The lowest BCUT2D eigenvalue weighted by Gasteiger charge is -2.17. The fourth-order valence-corrected chi connectivity index (χ4v) is 3.64. The normalized spacial score (nSPS) is 11.2. The van der Waals surface area contributed by atoms with Crippen molar-refractivity contribution in [3.63, 3.8) is 0 Å². The number of nitrogens with zero attached hydrogens (tertiary/aromatic N) is 1. The highest BCUT2D eigenvalue weighted by Gasteiger charge is 2.17. The van der Waals surface area contributed by atoms with Crippen molar-refractivity contribution in [2.45, 2.75) is 33.1 Å². The van der Waals surface area contributed by atoms with Gasteiger partial charge in [-0.05, 0) is 56.3 Å². The number of ether oxygens (including phenoxy) is 1. The predicted octanol–water partition coefficient (Wildman–Crippen LogP) is 5.71. The Bertz CT molecular complexity index is 657. The quantitative estimate of drug-likeness (QED) is 0.678. The molecule has 0 saturated carbocycles. The Morgan fingerprint density at radius 2 is 1.95 bits per heavy atom. The standard InChI is InChI=1S/C16H20Br2N2O/c1-5-6-19-13-8-12(9(2)3)20-15-10(17)7-11(18)16(21-4)14(13)15/h7-9H,5-6H2,1-4H3,(H,19,20). The molecule has 0 radical (unpaired) electrons. The molecule has 0 spiro atoms. The highest BCUT2D eigenvalue weighted by molar-refractivity contribution is 9.11. The molecule has 3 nitrogen and oxygen atoms in total. The van der Waals surface area contributed by atoms with Crippen LogP contribution in [0.5, 0.6) is 5.75 Å². The summed E-state index contributed by atoms with van der Waals surface area (Å²) in [5, 5.41) is 4.51. The van der Waals surface area contributed by atoms with Crippen LogP contribution >= 0.6 is 31.9 Å². The maximum absolute atomic E-state index is 5.59. The van der Waals surface area contributed by atoms with Gasteiger partial charge in [0.1, 0.15) is 5.75 Å². The second-order valence-electron chi connectivity index (χ2n) is 5.27. The highest BCUT2D eigenvalue weighted by Crippen LogP contribution is 2.42. The molecule has 0 saturated heterocycles. The van der Waals surface area contributed by atoms with Crippen molar-refractivity contribution in [2.24, 2.45) is 0 Å². The monoisotopic (exact) mass is 414 g/mol. The van der Waals surface area contributed by atoms with Crippen molar-refractivity contribution in [1.82, 2.24) is 4.98 Å². The van der Waals surface area contributed by atoms with E-state index in [1.807, 2.05) is 6.07 Å². The molecule has 0 unspecified atom stereocenters. The highest BCUT2D eigenvalue weighted by atomic mass is 79.9. The van der Waals surface area contributed by atoms with Gasteiger partial charge in [0.2, 0.25) is 0 Å². The molecule has 0 aliphatic rings. The number of methoxy groups -OCH3 is 1. The summed E-state index contributed by atoms with van der Waals surface area (Å²) in [5.74, 6) is 1.19. The predicted molar refractivity (Wildman–Crippen MR) is 96.6 cm³/mol. The Balaban J connectivity index is 2.80. The fraction of sp³-hybridized carbons (Fsp3) is 0.438. The molecule has 1 aromatic heterocycles. The topological polar surface area (TPSA) is 34.2 Å². The SMILES string of the molecule is CCCNc1cc(C(C)C)nc2c(Br)cc(Br)c(OC)c12. The zero-order valence-electron chi connectivity index (χ0n) is 12.8. The van der Waals surface area contributed by atoms with Crippen LogP contribution in [0.25, 0.3) is 10.9 Å². The Kier molecular flexibility index (Phi) is 5.49. The van der Waals surface area contributed by atoms with Crippen LogP contribution in [0.2, 0.25) is 0 Å². The lowest BCUT2D eigenvalue weighted by Crippen LogP contribution is -2.05. The number of aromatic nitrogens is 1. The first kappa shape index (κ1) is 16.6. The van der Waals surface area contributed by atoms with Crippen LogP contribution in [-0.2, 0) is 0 Å². The number of nitrogens with one attached hydrogen (secondary N) is 1. The zero-order valence-corrected chi connectivity index (χ0v) is 15.9. The third-order valence-electron chi connectivity index (χ3n) is 3.32. The van der Waals surface area contributed by atoms with Crippen molar-refractivity contribution in [2.75, 3.05) is 19.0 Å². The molecule has 0 bridgehead atoms. The first-order chi connectivity index (χ1) is 9.99. The molecular formula is C16H20Br2N2O. The van der Waals surface area contributed by atoms with E-state index in [2.05, 4.69) is 64.0 Å². The maximum atomic E-state index is 5.59. The lowest BCUT2D eigenvalue weighted by atomic mass is 10.1. The van der Waals surface area contributed by atoms with Crippen LogP contribution in [0, 0.1) is 0 Å². The smallest absolute Gasteiger partial charge is 0.144 e. The van der Waals surface area contributed by atoms with Gasteiger partial charge in [-0.25, -0.2) is 0 Å². The first-order valence-electron chi connectivity index (χ1n) is 7.10. The minimum atomic E-state index is 0.373. The number of halogens is 2. The minimum Gasteiger partial charge on any atom is -0.495 e. The molecule has 1 N–H and O–H groups in total. The van der Waals surface area contributed by atoms with Gasteiger partial charge in [-0.1, -0.05) is 20.8 Å². The van der Waals surface area contributed by atoms with Crippen molar-refractivity contribution in [3.05, 3.63) is 26.8 Å². The molecular weight excluding hydrogens is 396 g/mol. The van der Waals surface area contributed by atoms with Gasteiger partial charge in [-0.3, -0.25) is 4.98 Å². The Morgan fingerprint density at radius 3 is 2.52 bits per heavy atom. The van der Waals surface area contributed by atoms with E-state index in [1.165, 1.54) is 0 Å². The van der Waals surface area contributed by atoms with E-state index >= 15 is 0 Å². The fourth-order valence-electron chi connectivity index (χ4n) is 2.23. The van der Waals surface area contributed by atoms with E-state index in [-0.39, 0.29) is 0 Å². The van der Waals surface area contributed by atoms with Crippen LogP contribution in [0.1, 0.15) is 38.8 Å². The number of rotatable bonds is 5. The molecule has 1 heterocycles. The second-order valence-corrected chi connectivity index (χ2v) is 6.98. The average molecular weight is 416 g/mol. The second kappa shape index (κ2) is 6.97. The van der Waals surface area contributed by atoms with Gasteiger partial charge in [-0.2, -0.15) is 0 Å². The van der Waals surface area contributed by atoms with E-state index in [0.29, 0.717) is 5.92 Å². The molecule has 21 heavy (non-hydrogen) atoms. The van der Waals surface area contributed by atoms with E-state index in [1.54, 1.807) is 7.11 Å². The molecule has 0 aliphatic carbocycles. The van der Waals surface area contributed by atoms with Crippen molar-refractivity contribution in [3.8, 4) is 5.75 Å². The molecule has 2 rings (SSSR count). The Hall–Kier alpha value is -0.810. The average Bonchev–Trinajstić information content (AvgIpc) is 2.45. The summed E-state index contributed by atoms with van der Waals surface area (Å²) in [5.41, 5.74) is 3.08. The third kappa shape index (κ3) is 3.34. The van der Waals surface area contributed by atoms with Crippen molar-refractivity contribution < 1.29 is 4.74 Å². The van der Waals surface area contributed by atoms with Crippen molar-refractivity contribution >= 4 is 48.5 Å². The Morgan fingerprint density at radius 1 is 1.24 bits per heavy atom. The number of anilines is 1. The first-order valence-corrected chi connectivity index (χ1v) is 8.68. The van der Waals surface area contributed by atoms with Crippen LogP contribution in [0.4, 0.5) is 5.69 Å². The molecule has 0 atom stereocenters. The van der Waals surface area contributed by atoms with Crippen molar-refractivity contribution in [1.29, 1.82) is 0 Å². The number of hydrogen-bond acceptors (Lipinski definition) is 3. The maximum Gasteiger partial charge on any atom is 0.144 e. The van der Waals surface area contributed by atoms with Crippen LogP contribution < -0.4 is 10.1 Å². The van der Waals surface area contributed by atoms with Crippen LogP contribution in [0.3, 0.4) is 0 Å². The third-order valence-corrected chi connectivity index (χ3v) is 4.52. The molecule has 5 heteroatoms.